The van der Waals surface area contributed by atoms with Gasteiger partial charge in [-0.05, 0) is 52.8 Å². The van der Waals surface area contributed by atoms with Crippen LogP contribution in [0.5, 0.6) is 0 Å². The van der Waals surface area contributed by atoms with E-state index in [1.165, 1.54) is 22.3 Å². The molecule has 0 saturated carbocycles. The summed E-state index contributed by atoms with van der Waals surface area (Å²) in [6.45, 7) is 0. The quantitative estimate of drug-likeness (QED) is 0.573. The van der Waals surface area contributed by atoms with Crippen molar-refractivity contribution < 1.29 is 0 Å². The summed E-state index contributed by atoms with van der Waals surface area (Å²) in [6.07, 6.45) is 4.18. The van der Waals surface area contributed by atoms with E-state index < -0.39 is 0 Å². The molecule has 1 aliphatic rings. The van der Waals surface area contributed by atoms with Gasteiger partial charge >= 0.3 is 0 Å². The van der Waals surface area contributed by atoms with E-state index >= 15 is 0 Å². The fourth-order valence-corrected chi connectivity index (χ4v) is 3.07. The predicted molar refractivity (Wildman–Crippen MR) is 93.0 cm³/mol. The van der Waals surface area contributed by atoms with Crippen molar-refractivity contribution in [2.75, 3.05) is 0 Å². The third kappa shape index (κ3) is 2.46. The Kier molecular flexibility index (Phi) is 3.32. The molecular weight excluding hydrogens is 266 g/mol. The first-order valence-electron chi connectivity index (χ1n) is 7.70. The summed E-state index contributed by atoms with van der Waals surface area (Å²) >= 11 is 0. The van der Waals surface area contributed by atoms with Crippen LogP contribution in [0, 0.1) is 0 Å². The van der Waals surface area contributed by atoms with Gasteiger partial charge in [0.15, 0.2) is 0 Å². The van der Waals surface area contributed by atoms with Crippen LogP contribution in [-0.4, -0.2) is 6.21 Å². The van der Waals surface area contributed by atoms with E-state index in [0.717, 1.165) is 24.1 Å². The van der Waals surface area contributed by atoms with E-state index in [0.29, 0.717) is 0 Å². The average molecular weight is 283 g/mol. The van der Waals surface area contributed by atoms with Crippen molar-refractivity contribution in [3.8, 4) is 11.1 Å². The molecule has 0 bridgehead atoms. The van der Waals surface area contributed by atoms with Gasteiger partial charge in [-0.2, -0.15) is 0 Å². The van der Waals surface area contributed by atoms with Gasteiger partial charge < -0.3 is 0 Å². The highest BCUT2D eigenvalue weighted by Gasteiger charge is 2.15. The molecule has 0 radical (unpaired) electrons. The van der Waals surface area contributed by atoms with Crippen LogP contribution >= 0.6 is 0 Å². The Balaban J connectivity index is 1.72. The summed E-state index contributed by atoms with van der Waals surface area (Å²) in [7, 11) is 0. The summed E-state index contributed by atoms with van der Waals surface area (Å²) < 4.78 is 0. The molecule has 106 valence electrons. The molecule has 0 fully saturated rings. The maximum Gasteiger partial charge on any atom is 0.0636 e. The Labute approximate surface area is 131 Å². The molecule has 0 unspecified atom stereocenters. The first-order valence-corrected chi connectivity index (χ1v) is 7.70. The van der Waals surface area contributed by atoms with Crippen LogP contribution < -0.4 is 0 Å². The number of hydrogen-bond acceptors (Lipinski definition) is 1. The van der Waals surface area contributed by atoms with E-state index in [1.54, 1.807) is 0 Å². The maximum absolute atomic E-state index is 4.63. The van der Waals surface area contributed by atoms with Crippen molar-refractivity contribution in [3.05, 3.63) is 89.5 Å². The van der Waals surface area contributed by atoms with E-state index in [1.807, 2.05) is 24.4 Å². The third-order valence-corrected chi connectivity index (χ3v) is 4.23. The van der Waals surface area contributed by atoms with Gasteiger partial charge in [0, 0.05) is 6.21 Å². The molecule has 0 spiro atoms. The van der Waals surface area contributed by atoms with E-state index in [2.05, 4.69) is 59.6 Å². The molecule has 22 heavy (non-hydrogen) atoms. The fraction of sp³-hybridized carbons (Fsp3) is 0.0952. The number of fused-ring (bicyclic) bond motifs is 3. The molecule has 0 saturated heterocycles. The van der Waals surface area contributed by atoms with Gasteiger partial charge in [0.2, 0.25) is 0 Å². The van der Waals surface area contributed by atoms with Crippen LogP contribution in [0.25, 0.3) is 11.1 Å². The highest BCUT2D eigenvalue weighted by atomic mass is 14.7. The number of nitrogens with zero attached hydrogens (tertiary/aromatic N) is 1. The third-order valence-electron chi connectivity index (χ3n) is 4.23. The van der Waals surface area contributed by atoms with Crippen molar-refractivity contribution in [2.45, 2.75) is 12.8 Å². The minimum Gasteiger partial charge on any atom is -0.256 e. The van der Waals surface area contributed by atoms with Gasteiger partial charge in [0.25, 0.3) is 0 Å². The fourth-order valence-electron chi connectivity index (χ4n) is 3.07. The number of benzene rings is 3. The second-order valence-corrected chi connectivity index (χ2v) is 5.67. The number of aliphatic imine (C=N–C) groups is 1. The van der Waals surface area contributed by atoms with Crippen LogP contribution in [0.4, 0.5) is 5.69 Å². The van der Waals surface area contributed by atoms with Gasteiger partial charge in [0.05, 0.1) is 5.69 Å². The minimum atomic E-state index is 1.01. The smallest absolute Gasteiger partial charge is 0.0636 e. The van der Waals surface area contributed by atoms with Crippen LogP contribution in [0.1, 0.15) is 16.7 Å². The van der Waals surface area contributed by atoms with Gasteiger partial charge in [-0.3, -0.25) is 4.99 Å². The highest BCUT2D eigenvalue weighted by molar-refractivity contribution is 5.83. The molecule has 0 heterocycles. The molecule has 0 amide bonds. The van der Waals surface area contributed by atoms with Crippen LogP contribution in [-0.2, 0) is 12.8 Å². The first-order chi connectivity index (χ1) is 10.9. The zero-order valence-electron chi connectivity index (χ0n) is 12.4. The second kappa shape index (κ2) is 5.61. The monoisotopic (exact) mass is 283 g/mol. The Bertz CT molecular complexity index is 832. The van der Waals surface area contributed by atoms with E-state index in [9.17, 15) is 0 Å². The molecule has 0 aromatic heterocycles. The van der Waals surface area contributed by atoms with Gasteiger partial charge in [-0.15, -0.1) is 0 Å². The van der Waals surface area contributed by atoms with Crippen molar-refractivity contribution in [2.24, 2.45) is 4.99 Å². The van der Waals surface area contributed by atoms with Gasteiger partial charge in [0.1, 0.15) is 0 Å². The molecule has 1 heteroatoms. The van der Waals surface area contributed by atoms with Gasteiger partial charge in [-0.1, -0.05) is 60.7 Å². The molecule has 0 N–H and O–H groups in total. The van der Waals surface area contributed by atoms with Crippen molar-refractivity contribution >= 4 is 11.9 Å². The lowest BCUT2D eigenvalue weighted by Crippen LogP contribution is -2.03. The predicted octanol–water partition coefficient (Wildman–Crippen LogP) is 5.20. The molecular formula is C21H17N. The lowest BCUT2D eigenvalue weighted by atomic mass is 9.85. The molecule has 0 atom stereocenters. The molecule has 1 nitrogen and oxygen atoms in total. The zero-order valence-corrected chi connectivity index (χ0v) is 12.4. The normalized spacial score (nSPS) is 12.9. The lowest BCUT2D eigenvalue weighted by molar-refractivity contribution is 0.942. The van der Waals surface area contributed by atoms with Crippen LogP contribution in [0.15, 0.2) is 77.8 Å². The summed E-state index contributed by atoms with van der Waals surface area (Å²) in [5.74, 6) is 0. The number of hydrogen-bond donors (Lipinski definition) is 0. The highest BCUT2D eigenvalue weighted by Crippen LogP contribution is 2.35. The Morgan fingerprint density at radius 1 is 0.682 bits per heavy atom. The topological polar surface area (TPSA) is 12.4 Å². The Hall–Kier alpha value is -2.67. The van der Waals surface area contributed by atoms with E-state index in [4.69, 9.17) is 0 Å². The van der Waals surface area contributed by atoms with Crippen LogP contribution in [0.3, 0.4) is 0 Å². The number of aryl methyl sites for hydroxylation is 2. The van der Waals surface area contributed by atoms with E-state index in [-0.39, 0.29) is 0 Å². The summed E-state index contributed by atoms with van der Waals surface area (Å²) in [5.41, 5.74) is 7.71. The summed E-state index contributed by atoms with van der Waals surface area (Å²) in [4.78, 5) is 4.63. The Morgan fingerprint density at radius 2 is 1.41 bits per heavy atom. The molecule has 3 aromatic carbocycles. The van der Waals surface area contributed by atoms with Crippen molar-refractivity contribution in [1.29, 1.82) is 0 Å². The molecule has 1 aliphatic carbocycles. The van der Waals surface area contributed by atoms with Gasteiger partial charge in [-0.25, -0.2) is 0 Å². The molecule has 0 aliphatic heterocycles. The van der Waals surface area contributed by atoms with Crippen molar-refractivity contribution in [3.63, 3.8) is 0 Å². The zero-order chi connectivity index (χ0) is 14.8. The summed E-state index contributed by atoms with van der Waals surface area (Å²) in [6, 6.07) is 25.5. The minimum absolute atomic E-state index is 1.01. The SMILES string of the molecule is C(=Nc1ccc2c(c1)-c1ccccc1CC2)c1ccccc1. The molecule has 3 aromatic rings. The molecule has 4 rings (SSSR count). The standard InChI is InChI=1S/C21H17N/c1-2-6-16(7-3-1)15-22-19-13-12-18-11-10-17-8-4-5-9-20(17)21(18)14-19/h1-9,12-15H,10-11H2. The average Bonchev–Trinajstić information content (AvgIpc) is 2.60. The van der Waals surface area contributed by atoms with Crippen molar-refractivity contribution in [1.82, 2.24) is 0 Å². The Morgan fingerprint density at radius 3 is 2.27 bits per heavy atom. The lowest BCUT2D eigenvalue weighted by Gasteiger charge is -2.19. The van der Waals surface area contributed by atoms with Crippen LogP contribution in [0.2, 0.25) is 0 Å². The first kappa shape index (κ1) is 13.0. The summed E-state index contributed by atoms with van der Waals surface area (Å²) in [5, 5.41) is 0. The second-order valence-electron chi connectivity index (χ2n) is 5.67. The maximum atomic E-state index is 4.63. The largest absolute Gasteiger partial charge is 0.256 e. The number of rotatable bonds is 2.